The van der Waals surface area contributed by atoms with Gasteiger partial charge in [0.25, 0.3) is 0 Å². The molecule has 2 aromatic carbocycles. The van der Waals surface area contributed by atoms with Crippen molar-refractivity contribution in [3.8, 4) is 6.07 Å². The van der Waals surface area contributed by atoms with Crippen molar-refractivity contribution in [2.45, 2.75) is 12.8 Å². The number of carbonyl (C=O) groups is 2. The predicted molar refractivity (Wildman–Crippen MR) is 136 cm³/mol. The van der Waals surface area contributed by atoms with Gasteiger partial charge in [-0.2, -0.15) is 5.26 Å². The SMILES string of the molecule is C=CCOC(=O)C1=C(C)NC(SCC(=O)Nc2ccc(Cl)c(Cl)c2)=C(C#N)[C@H]1c1ccccc1. The first-order chi connectivity index (χ1) is 16.3. The molecule has 3 rings (SSSR count). The zero-order valence-electron chi connectivity index (χ0n) is 18.2. The molecule has 9 heteroatoms. The summed E-state index contributed by atoms with van der Waals surface area (Å²) < 4.78 is 5.29. The Kier molecular flexibility index (Phi) is 8.83. The van der Waals surface area contributed by atoms with E-state index in [9.17, 15) is 14.9 Å². The minimum absolute atomic E-state index is 0.0266. The molecule has 1 aliphatic rings. The maximum atomic E-state index is 12.8. The van der Waals surface area contributed by atoms with Crippen molar-refractivity contribution < 1.29 is 14.3 Å². The largest absolute Gasteiger partial charge is 0.458 e. The molecule has 0 spiro atoms. The van der Waals surface area contributed by atoms with Crippen molar-refractivity contribution in [3.63, 3.8) is 0 Å². The molecule has 1 amide bonds. The van der Waals surface area contributed by atoms with Crippen molar-refractivity contribution >= 4 is 52.5 Å². The van der Waals surface area contributed by atoms with Crippen LogP contribution in [0.2, 0.25) is 10.0 Å². The molecule has 2 N–H and O–H groups in total. The number of thioether (sulfide) groups is 1. The molecule has 34 heavy (non-hydrogen) atoms. The summed E-state index contributed by atoms with van der Waals surface area (Å²) in [6.07, 6.45) is 1.48. The molecular formula is C25H21Cl2N3O3S. The molecule has 0 aromatic heterocycles. The van der Waals surface area contributed by atoms with Crippen LogP contribution in [0.25, 0.3) is 0 Å². The van der Waals surface area contributed by atoms with Gasteiger partial charge in [-0.1, -0.05) is 78.0 Å². The number of carbonyl (C=O) groups excluding carboxylic acids is 2. The number of allylic oxidation sites excluding steroid dienone is 2. The van der Waals surface area contributed by atoms with Crippen LogP contribution in [-0.2, 0) is 14.3 Å². The van der Waals surface area contributed by atoms with E-state index in [4.69, 9.17) is 27.9 Å². The van der Waals surface area contributed by atoms with E-state index in [0.717, 1.165) is 5.56 Å². The Balaban J connectivity index is 1.86. The monoisotopic (exact) mass is 513 g/mol. The molecule has 1 atom stereocenters. The second kappa shape index (κ2) is 11.8. The summed E-state index contributed by atoms with van der Waals surface area (Å²) in [5.74, 6) is -1.43. The number of benzene rings is 2. The summed E-state index contributed by atoms with van der Waals surface area (Å²) in [4.78, 5) is 25.4. The van der Waals surface area contributed by atoms with Gasteiger partial charge in [0.1, 0.15) is 6.61 Å². The lowest BCUT2D eigenvalue weighted by molar-refractivity contribution is -0.138. The normalized spacial score (nSPS) is 15.3. The van der Waals surface area contributed by atoms with Crippen LogP contribution in [0.3, 0.4) is 0 Å². The Morgan fingerprint density at radius 3 is 2.62 bits per heavy atom. The van der Waals surface area contributed by atoms with Gasteiger partial charge in [-0.3, -0.25) is 4.79 Å². The van der Waals surface area contributed by atoms with Crippen molar-refractivity contribution in [1.82, 2.24) is 5.32 Å². The topological polar surface area (TPSA) is 91.2 Å². The highest BCUT2D eigenvalue weighted by Crippen LogP contribution is 2.41. The van der Waals surface area contributed by atoms with E-state index in [1.165, 1.54) is 17.8 Å². The number of nitrogens with zero attached hydrogens (tertiary/aromatic N) is 1. The van der Waals surface area contributed by atoms with Crippen LogP contribution in [-0.4, -0.2) is 24.2 Å². The lowest BCUT2D eigenvalue weighted by Crippen LogP contribution is -2.29. The third-order valence-corrected chi connectivity index (χ3v) is 6.64. The summed E-state index contributed by atoms with van der Waals surface area (Å²) in [5, 5.41) is 17.1. The first-order valence-corrected chi connectivity index (χ1v) is 11.9. The van der Waals surface area contributed by atoms with Gasteiger partial charge in [0, 0.05) is 11.4 Å². The number of halogens is 2. The van der Waals surface area contributed by atoms with E-state index >= 15 is 0 Å². The van der Waals surface area contributed by atoms with E-state index in [0.29, 0.717) is 37.6 Å². The fourth-order valence-corrected chi connectivity index (χ4v) is 4.59. The van der Waals surface area contributed by atoms with Crippen LogP contribution >= 0.6 is 35.0 Å². The lowest BCUT2D eigenvalue weighted by Gasteiger charge is -2.29. The van der Waals surface area contributed by atoms with Crippen LogP contribution in [0.4, 0.5) is 5.69 Å². The Labute approximate surface area is 212 Å². The predicted octanol–water partition coefficient (Wildman–Crippen LogP) is 5.79. The summed E-state index contributed by atoms with van der Waals surface area (Å²) >= 11 is 13.1. The molecule has 0 radical (unpaired) electrons. The zero-order chi connectivity index (χ0) is 24.7. The standard InChI is InChI=1S/C25H21Cl2N3O3S/c1-3-11-33-25(32)22-15(2)29-24(18(13-28)23(22)16-7-5-4-6-8-16)34-14-21(31)30-17-9-10-19(26)20(27)12-17/h3-10,12,23,29H,1,11,14H2,2H3,(H,30,31)/t23-/m1/s1. The summed E-state index contributed by atoms with van der Waals surface area (Å²) in [7, 11) is 0. The van der Waals surface area contributed by atoms with E-state index in [1.54, 1.807) is 25.1 Å². The van der Waals surface area contributed by atoms with Gasteiger partial charge in [-0.25, -0.2) is 4.79 Å². The summed E-state index contributed by atoms with van der Waals surface area (Å²) in [6, 6.07) is 16.3. The molecule has 0 bridgehead atoms. The highest BCUT2D eigenvalue weighted by molar-refractivity contribution is 8.03. The Morgan fingerprint density at radius 1 is 1.24 bits per heavy atom. The molecule has 0 saturated carbocycles. The molecule has 1 aliphatic heterocycles. The average Bonchev–Trinajstić information content (AvgIpc) is 2.83. The highest BCUT2D eigenvalue weighted by atomic mass is 35.5. The number of dihydropyridines is 1. The number of anilines is 1. The van der Waals surface area contributed by atoms with Gasteiger partial charge in [-0.15, -0.1) is 0 Å². The first-order valence-electron chi connectivity index (χ1n) is 10.2. The van der Waals surface area contributed by atoms with Crippen LogP contribution in [0.1, 0.15) is 18.4 Å². The Morgan fingerprint density at radius 2 is 1.97 bits per heavy atom. The second-order valence-electron chi connectivity index (χ2n) is 7.21. The molecule has 0 saturated heterocycles. The lowest BCUT2D eigenvalue weighted by atomic mass is 9.82. The van der Waals surface area contributed by atoms with Crippen LogP contribution in [0, 0.1) is 11.3 Å². The van der Waals surface area contributed by atoms with E-state index in [-0.39, 0.29) is 18.3 Å². The fourth-order valence-electron chi connectivity index (χ4n) is 3.40. The quantitative estimate of drug-likeness (QED) is 0.342. The number of hydrogen-bond acceptors (Lipinski definition) is 6. The average molecular weight is 514 g/mol. The van der Waals surface area contributed by atoms with Gasteiger partial charge < -0.3 is 15.4 Å². The molecule has 1 heterocycles. The second-order valence-corrected chi connectivity index (χ2v) is 9.01. The molecule has 2 aromatic rings. The van der Waals surface area contributed by atoms with E-state index in [1.807, 2.05) is 30.3 Å². The van der Waals surface area contributed by atoms with Gasteiger partial charge in [0.15, 0.2) is 0 Å². The van der Waals surface area contributed by atoms with E-state index < -0.39 is 11.9 Å². The maximum Gasteiger partial charge on any atom is 0.337 e. The minimum atomic E-state index is -0.634. The smallest absolute Gasteiger partial charge is 0.337 e. The van der Waals surface area contributed by atoms with Crippen LogP contribution < -0.4 is 10.6 Å². The van der Waals surface area contributed by atoms with E-state index in [2.05, 4.69) is 23.3 Å². The minimum Gasteiger partial charge on any atom is -0.458 e. The highest BCUT2D eigenvalue weighted by Gasteiger charge is 2.35. The molecule has 174 valence electrons. The third-order valence-electron chi connectivity index (χ3n) is 4.88. The van der Waals surface area contributed by atoms with Gasteiger partial charge in [0.05, 0.1) is 44.0 Å². The maximum absolute atomic E-state index is 12.8. The van der Waals surface area contributed by atoms with Crippen molar-refractivity contribution in [2.75, 3.05) is 17.7 Å². The molecular weight excluding hydrogens is 493 g/mol. The number of ether oxygens (including phenoxy) is 1. The zero-order valence-corrected chi connectivity index (χ0v) is 20.6. The van der Waals surface area contributed by atoms with Crippen LogP contribution in [0.15, 0.2) is 83.1 Å². The first kappa shape index (κ1) is 25.4. The molecule has 0 aliphatic carbocycles. The number of hydrogen-bond donors (Lipinski definition) is 2. The number of rotatable bonds is 8. The van der Waals surface area contributed by atoms with Crippen molar-refractivity contribution in [1.29, 1.82) is 5.26 Å². The van der Waals surface area contributed by atoms with Crippen LogP contribution in [0.5, 0.6) is 0 Å². The fraction of sp³-hybridized carbons (Fsp3) is 0.160. The van der Waals surface area contributed by atoms with Crippen molar-refractivity contribution in [3.05, 3.63) is 98.7 Å². The summed E-state index contributed by atoms with van der Waals surface area (Å²) in [5.41, 5.74) is 2.50. The van der Waals surface area contributed by atoms with Gasteiger partial charge in [0.2, 0.25) is 5.91 Å². The Hall–Kier alpha value is -3.18. The third kappa shape index (κ3) is 6.03. The molecule has 0 fully saturated rings. The van der Waals surface area contributed by atoms with Gasteiger partial charge >= 0.3 is 5.97 Å². The summed E-state index contributed by atoms with van der Waals surface area (Å²) in [6.45, 7) is 5.37. The number of nitriles is 1. The number of amides is 1. The molecule has 0 unspecified atom stereocenters. The molecule has 6 nitrogen and oxygen atoms in total. The number of nitrogens with one attached hydrogen (secondary N) is 2. The van der Waals surface area contributed by atoms with Crippen molar-refractivity contribution in [2.24, 2.45) is 0 Å². The number of esters is 1. The Bertz CT molecular complexity index is 1220. The van der Waals surface area contributed by atoms with Gasteiger partial charge in [-0.05, 0) is 30.7 Å².